The van der Waals surface area contributed by atoms with Crippen LogP contribution in [0.4, 0.5) is 11.4 Å². The highest BCUT2D eigenvalue weighted by molar-refractivity contribution is 5.78. The van der Waals surface area contributed by atoms with Crippen LogP contribution >= 0.6 is 0 Å². The molecule has 21 heavy (non-hydrogen) atoms. The molecule has 0 aliphatic rings. The van der Waals surface area contributed by atoms with Crippen molar-refractivity contribution in [1.29, 1.82) is 0 Å². The Hall–Kier alpha value is -2.89. The Kier molecular flexibility index (Phi) is 4.50. The predicted molar refractivity (Wildman–Crippen MR) is 78.3 cm³/mol. The molecule has 2 rings (SSSR count). The molecule has 108 valence electrons. The molecule has 0 spiro atoms. The van der Waals surface area contributed by atoms with Crippen LogP contribution in [0.2, 0.25) is 0 Å². The highest BCUT2D eigenvalue weighted by atomic mass is 16.6. The molecule has 0 aliphatic heterocycles. The van der Waals surface area contributed by atoms with E-state index in [1.165, 1.54) is 18.2 Å². The molecule has 2 aromatic rings. The summed E-state index contributed by atoms with van der Waals surface area (Å²) in [6, 6.07) is 14.1. The van der Waals surface area contributed by atoms with Crippen molar-refractivity contribution in [3.05, 3.63) is 70.3 Å². The molecule has 6 nitrogen and oxygen atoms in total. The number of benzene rings is 2. The Morgan fingerprint density at radius 2 is 1.90 bits per heavy atom. The van der Waals surface area contributed by atoms with Crippen LogP contribution < -0.4 is 5.32 Å². The summed E-state index contributed by atoms with van der Waals surface area (Å²) in [7, 11) is 0. The number of nitro groups is 1. The van der Waals surface area contributed by atoms with Crippen LogP contribution in [0.5, 0.6) is 0 Å². The van der Waals surface area contributed by atoms with Crippen molar-refractivity contribution in [3.8, 4) is 0 Å². The van der Waals surface area contributed by atoms with Crippen molar-refractivity contribution in [2.45, 2.75) is 12.5 Å². The van der Waals surface area contributed by atoms with E-state index in [4.69, 9.17) is 0 Å². The number of nitro benzene ring substituents is 1. The van der Waals surface area contributed by atoms with Crippen LogP contribution in [0, 0.1) is 10.1 Å². The zero-order valence-corrected chi connectivity index (χ0v) is 11.1. The van der Waals surface area contributed by atoms with Crippen molar-refractivity contribution < 1.29 is 14.8 Å². The number of aliphatic carboxylic acids is 1. The minimum absolute atomic E-state index is 0.0798. The number of carbonyl (C=O) groups is 1. The second-order valence-corrected chi connectivity index (χ2v) is 4.53. The molecule has 0 amide bonds. The number of anilines is 1. The van der Waals surface area contributed by atoms with Gasteiger partial charge in [0, 0.05) is 24.2 Å². The minimum Gasteiger partial charge on any atom is -0.480 e. The van der Waals surface area contributed by atoms with E-state index in [0.717, 1.165) is 5.56 Å². The second-order valence-electron chi connectivity index (χ2n) is 4.53. The Morgan fingerprint density at radius 1 is 1.19 bits per heavy atom. The first kappa shape index (κ1) is 14.5. The lowest BCUT2D eigenvalue weighted by Crippen LogP contribution is -2.31. The monoisotopic (exact) mass is 286 g/mol. The summed E-state index contributed by atoms with van der Waals surface area (Å²) in [5, 5.41) is 22.8. The molecule has 6 heteroatoms. The lowest BCUT2D eigenvalue weighted by atomic mass is 10.1. The third-order valence-corrected chi connectivity index (χ3v) is 2.98. The summed E-state index contributed by atoms with van der Waals surface area (Å²) in [6.45, 7) is 0. The van der Waals surface area contributed by atoms with E-state index in [2.05, 4.69) is 5.32 Å². The topological polar surface area (TPSA) is 92.5 Å². The lowest BCUT2D eigenvalue weighted by Gasteiger charge is -2.15. The van der Waals surface area contributed by atoms with E-state index in [9.17, 15) is 20.0 Å². The zero-order valence-electron chi connectivity index (χ0n) is 11.1. The van der Waals surface area contributed by atoms with Gasteiger partial charge >= 0.3 is 5.97 Å². The molecule has 0 heterocycles. The van der Waals surface area contributed by atoms with E-state index in [1.54, 1.807) is 6.07 Å². The third kappa shape index (κ3) is 4.04. The molecule has 0 radical (unpaired) electrons. The van der Waals surface area contributed by atoms with Crippen molar-refractivity contribution in [3.63, 3.8) is 0 Å². The van der Waals surface area contributed by atoms with Crippen LogP contribution in [0.3, 0.4) is 0 Å². The molecule has 0 bridgehead atoms. The average molecular weight is 286 g/mol. The standard InChI is InChI=1S/C15H14N2O4/c18-15(19)14(9-11-5-2-1-3-6-11)16-12-7-4-8-13(10-12)17(20)21/h1-8,10,14,16H,9H2,(H,18,19). The van der Waals surface area contributed by atoms with Gasteiger partial charge in [0.25, 0.3) is 5.69 Å². The third-order valence-electron chi connectivity index (χ3n) is 2.98. The van der Waals surface area contributed by atoms with Gasteiger partial charge in [0.2, 0.25) is 0 Å². The van der Waals surface area contributed by atoms with Crippen molar-refractivity contribution in [2.75, 3.05) is 5.32 Å². The fourth-order valence-corrected chi connectivity index (χ4v) is 1.96. The Morgan fingerprint density at radius 3 is 2.52 bits per heavy atom. The normalized spacial score (nSPS) is 11.6. The summed E-state index contributed by atoms with van der Waals surface area (Å²) in [5.41, 5.74) is 1.21. The fourth-order valence-electron chi connectivity index (χ4n) is 1.96. The van der Waals surface area contributed by atoms with Gasteiger partial charge in [-0.2, -0.15) is 0 Å². The first-order valence-electron chi connectivity index (χ1n) is 6.34. The molecule has 0 aliphatic carbocycles. The van der Waals surface area contributed by atoms with E-state index in [-0.39, 0.29) is 5.69 Å². The summed E-state index contributed by atoms with van der Waals surface area (Å²) in [5.74, 6) is -1.01. The van der Waals surface area contributed by atoms with Crippen LogP contribution in [0.15, 0.2) is 54.6 Å². The van der Waals surface area contributed by atoms with Crippen molar-refractivity contribution in [2.24, 2.45) is 0 Å². The number of nitrogens with one attached hydrogen (secondary N) is 1. The molecule has 0 fully saturated rings. The van der Waals surface area contributed by atoms with Crippen molar-refractivity contribution in [1.82, 2.24) is 0 Å². The summed E-state index contributed by atoms with van der Waals surface area (Å²) < 4.78 is 0. The fraction of sp³-hybridized carbons (Fsp3) is 0.133. The molecule has 0 saturated heterocycles. The molecular formula is C15H14N2O4. The number of hydrogen-bond acceptors (Lipinski definition) is 4. The summed E-state index contributed by atoms with van der Waals surface area (Å²) in [4.78, 5) is 21.5. The molecule has 1 atom stereocenters. The van der Waals surface area contributed by atoms with E-state index in [1.807, 2.05) is 30.3 Å². The number of carboxylic acids is 1. The number of rotatable bonds is 6. The highest BCUT2D eigenvalue weighted by Crippen LogP contribution is 2.18. The Bertz CT molecular complexity index is 643. The lowest BCUT2D eigenvalue weighted by molar-refractivity contribution is -0.384. The maximum atomic E-state index is 11.3. The van der Waals surface area contributed by atoms with Gasteiger partial charge in [-0.15, -0.1) is 0 Å². The SMILES string of the molecule is O=C(O)C(Cc1ccccc1)Nc1cccc([N+](=O)[O-])c1. The average Bonchev–Trinajstić information content (AvgIpc) is 2.48. The van der Waals surface area contributed by atoms with Crippen LogP contribution in [0.1, 0.15) is 5.56 Å². The molecule has 0 saturated carbocycles. The first-order chi connectivity index (χ1) is 10.1. The summed E-state index contributed by atoms with van der Waals surface area (Å²) in [6.07, 6.45) is 0.291. The van der Waals surface area contributed by atoms with E-state index in [0.29, 0.717) is 12.1 Å². The van der Waals surface area contributed by atoms with Gasteiger partial charge in [-0.25, -0.2) is 4.79 Å². The van der Waals surface area contributed by atoms with Crippen molar-refractivity contribution >= 4 is 17.3 Å². The van der Waals surface area contributed by atoms with Crippen LogP contribution in [-0.4, -0.2) is 22.0 Å². The van der Waals surface area contributed by atoms with Crippen LogP contribution in [-0.2, 0) is 11.2 Å². The van der Waals surface area contributed by atoms with Gasteiger partial charge in [-0.1, -0.05) is 36.4 Å². The maximum absolute atomic E-state index is 11.3. The smallest absolute Gasteiger partial charge is 0.326 e. The number of carboxylic acid groups (broad SMARTS) is 1. The molecular weight excluding hydrogens is 272 g/mol. The Balaban J connectivity index is 2.15. The quantitative estimate of drug-likeness (QED) is 0.629. The van der Waals surface area contributed by atoms with Crippen LogP contribution in [0.25, 0.3) is 0 Å². The maximum Gasteiger partial charge on any atom is 0.326 e. The predicted octanol–water partition coefficient (Wildman–Crippen LogP) is 2.70. The minimum atomic E-state index is -1.01. The van der Waals surface area contributed by atoms with E-state index >= 15 is 0 Å². The van der Waals surface area contributed by atoms with Gasteiger partial charge in [0.1, 0.15) is 6.04 Å². The van der Waals surface area contributed by atoms with Gasteiger partial charge in [-0.05, 0) is 11.6 Å². The molecule has 2 N–H and O–H groups in total. The largest absolute Gasteiger partial charge is 0.480 e. The number of non-ortho nitro benzene ring substituents is 1. The number of nitrogens with zero attached hydrogens (tertiary/aromatic N) is 1. The molecule has 0 aromatic heterocycles. The molecule has 2 aromatic carbocycles. The zero-order chi connectivity index (χ0) is 15.2. The van der Waals surface area contributed by atoms with Gasteiger partial charge in [0.15, 0.2) is 0 Å². The van der Waals surface area contributed by atoms with Gasteiger partial charge < -0.3 is 10.4 Å². The van der Waals surface area contributed by atoms with Gasteiger partial charge in [0.05, 0.1) is 4.92 Å². The van der Waals surface area contributed by atoms with Gasteiger partial charge in [-0.3, -0.25) is 10.1 Å². The number of hydrogen-bond donors (Lipinski definition) is 2. The first-order valence-corrected chi connectivity index (χ1v) is 6.34. The summed E-state index contributed by atoms with van der Waals surface area (Å²) >= 11 is 0. The second kappa shape index (κ2) is 6.51. The molecule has 1 unspecified atom stereocenters. The van der Waals surface area contributed by atoms with E-state index < -0.39 is 16.9 Å². The Labute approximate surface area is 121 Å². The highest BCUT2D eigenvalue weighted by Gasteiger charge is 2.18.